The highest BCUT2D eigenvalue weighted by Gasteiger charge is 2.33. The van der Waals surface area contributed by atoms with Gasteiger partial charge in [0.15, 0.2) is 0 Å². The molecule has 0 spiro atoms. The zero-order chi connectivity index (χ0) is 18.8. The fourth-order valence-corrected chi connectivity index (χ4v) is 2.06. The Bertz CT molecular complexity index is 760. The maximum atomic E-state index is 12.6. The minimum atomic E-state index is -0.829. The maximum absolute atomic E-state index is 12.6. The monoisotopic (exact) mass is 344 g/mol. The molecule has 0 aliphatic heterocycles. The number of hydrogen-bond donors (Lipinski definition) is 0. The Morgan fingerprint density at radius 1 is 0.840 bits per heavy atom. The number of para-hydroxylation sites is 1. The van der Waals surface area contributed by atoms with Gasteiger partial charge in [0.2, 0.25) is 0 Å². The summed E-state index contributed by atoms with van der Waals surface area (Å²) in [5.74, 6) is 0.155. The van der Waals surface area contributed by atoms with Crippen molar-refractivity contribution in [2.45, 2.75) is 52.7 Å². The van der Waals surface area contributed by atoms with E-state index < -0.39 is 23.4 Å². The van der Waals surface area contributed by atoms with Gasteiger partial charge in [0.25, 0.3) is 0 Å². The van der Waals surface area contributed by atoms with E-state index in [1.54, 1.807) is 59.7 Å². The van der Waals surface area contributed by atoms with E-state index >= 15 is 0 Å². The van der Waals surface area contributed by atoms with Gasteiger partial charge in [-0.3, -0.25) is 0 Å². The van der Waals surface area contributed by atoms with Crippen molar-refractivity contribution in [2.75, 3.05) is 4.90 Å². The van der Waals surface area contributed by atoms with Crippen LogP contribution in [0, 0.1) is 0 Å². The van der Waals surface area contributed by atoms with Gasteiger partial charge in [-0.25, -0.2) is 14.6 Å². The average Bonchev–Trinajstić information content (AvgIpc) is 2.43. The highest BCUT2D eigenvalue weighted by atomic mass is 16.6. The van der Waals surface area contributed by atoms with Gasteiger partial charge in [-0.05, 0) is 59.7 Å². The van der Waals surface area contributed by atoms with Crippen LogP contribution >= 0.6 is 0 Å². The van der Waals surface area contributed by atoms with Gasteiger partial charge >= 0.3 is 12.2 Å². The van der Waals surface area contributed by atoms with Crippen LogP contribution in [-0.2, 0) is 9.47 Å². The molecule has 0 fully saturated rings. The number of anilines is 1. The molecule has 2 amide bonds. The molecular weight excluding hydrogens is 320 g/mol. The first-order valence-corrected chi connectivity index (χ1v) is 8.08. The molecule has 0 bridgehead atoms. The number of nitrogens with zero attached hydrogens (tertiary/aromatic N) is 2. The van der Waals surface area contributed by atoms with Crippen LogP contribution < -0.4 is 4.90 Å². The minimum Gasteiger partial charge on any atom is -0.443 e. The van der Waals surface area contributed by atoms with Crippen molar-refractivity contribution in [3.8, 4) is 0 Å². The van der Waals surface area contributed by atoms with Crippen LogP contribution in [-0.4, -0.2) is 28.4 Å². The van der Waals surface area contributed by atoms with E-state index in [1.165, 1.54) is 0 Å². The molecule has 0 saturated carbocycles. The first-order chi connectivity index (χ1) is 11.5. The highest BCUT2D eigenvalue weighted by molar-refractivity contribution is 6.09. The quantitative estimate of drug-likeness (QED) is 0.735. The van der Waals surface area contributed by atoms with Crippen molar-refractivity contribution in [1.29, 1.82) is 0 Å². The number of amides is 2. The number of fused-ring (bicyclic) bond motifs is 1. The van der Waals surface area contributed by atoms with Gasteiger partial charge in [0, 0.05) is 5.39 Å². The first-order valence-electron chi connectivity index (χ1n) is 8.08. The molecule has 0 unspecified atom stereocenters. The van der Waals surface area contributed by atoms with Crippen molar-refractivity contribution >= 4 is 28.9 Å². The van der Waals surface area contributed by atoms with Gasteiger partial charge < -0.3 is 9.47 Å². The van der Waals surface area contributed by atoms with Crippen LogP contribution in [0.4, 0.5) is 15.4 Å². The SMILES string of the molecule is CC(C)(C)OC(=O)N(C(=O)OC(C)(C)C)c1ccc2ccccc2n1. The molecule has 1 aromatic heterocycles. The number of aromatic nitrogens is 1. The summed E-state index contributed by atoms with van der Waals surface area (Å²) in [5.41, 5.74) is -0.848. The predicted molar refractivity (Wildman–Crippen MR) is 96.7 cm³/mol. The zero-order valence-corrected chi connectivity index (χ0v) is 15.5. The number of hydrogen-bond acceptors (Lipinski definition) is 5. The molecule has 0 aliphatic carbocycles. The normalized spacial score (nSPS) is 11.9. The van der Waals surface area contributed by atoms with E-state index in [0.717, 1.165) is 10.3 Å². The van der Waals surface area contributed by atoms with Crippen LogP contribution in [0.5, 0.6) is 0 Å². The van der Waals surface area contributed by atoms with Gasteiger partial charge in [-0.1, -0.05) is 18.2 Å². The maximum Gasteiger partial charge on any atom is 0.425 e. The fraction of sp³-hybridized carbons (Fsp3) is 0.421. The van der Waals surface area contributed by atoms with Crippen LogP contribution in [0.2, 0.25) is 0 Å². The molecular formula is C19H24N2O4. The molecule has 0 atom stereocenters. The Morgan fingerprint density at radius 2 is 1.36 bits per heavy atom. The molecule has 0 N–H and O–H groups in total. The van der Waals surface area contributed by atoms with Gasteiger partial charge in [-0.15, -0.1) is 0 Å². The number of pyridine rings is 1. The van der Waals surface area contributed by atoms with Crippen molar-refractivity contribution in [3.05, 3.63) is 36.4 Å². The molecule has 1 aromatic carbocycles. The summed E-state index contributed by atoms with van der Waals surface area (Å²) < 4.78 is 10.7. The molecule has 1 heterocycles. The molecule has 6 heteroatoms. The molecule has 2 aromatic rings. The van der Waals surface area contributed by atoms with E-state index in [2.05, 4.69) is 4.98 Å². The van der Waals surface area contributed by atoms with Crippen LogP contribution in [0.3, 0.4) is 0 Å². The summed E-state index contributed by atoms with van der Waals surface area (Å²) in [7, 11) is 0. The van der Waals surface area contributed by atoms with Crippen LogP contribution in [0.25, 0.3) is 10.9 Å². The third kappa shape index (κ3) is 5.17. The Morgan fingerprint density at radius 3 is 1.88 bits per heavy atom. The summed E-state index contributed by atoms with van der Waals surface area (Å²) in [6.07, 6.45) is -1.66. The lowest BCUT2D eigenvalue weighted by Gasteiger charge is -2.28. The van der Waals surface area contributed by atoms with Crippen molar-refractivity contribution < 1.29 is 19.1 Å². The lowest BCUT2D eigenvalue weighted by Crippen LogP contribution is -2.44. The van der Waals surface area contributed by atoms with Gasteiger partial charge in [0.05, 0.1) is 5.52 Å². The van der Waals surface area contributed by atoms with Crippen LogP contribution in [0.15, 0.2) is 36.4 Å². The number of ether oxygens (including phenoxy) is 2. The molecule has 0 aliphatic rings. The number of imide groups is 1. The first kappa shape index (κ1) is 18.7. The van der Waals surface area contributed by atoms with Crippen molar-refractivity contribution in [3.63, 3.8) is 0 Å². The second-order valence-electron chi connectivity index (χ2n) is 7.66. The minimum absolute atomic E-state index is 0.155. The smallest absolute Gasteiger partial charge is 0.425 e. The molecule has 0 radical (unpaired) electrons. The molecule has 25 heavy (non-hydrogen) atoms. The second kappa shape index (κ2) is 6.70. The third-order valence-corrected chi connectivity index (χ3v) is 2.96. The largest absolute Gasteiger partial charge is 0.443 e. The van der Waals surface area contributed by atoms with Gasteiger partial charge in [-0.2, -0.15) is 4.90 Å². The summed E-state index contributed by atoms with van der Waals surface area (Å²) >= 11 is 0. The topological polar surface area (TPSA) is 68.7 Å². The second-order valence-corrected chi connectivity index (χ2v) is 7.66. The summed E-state index contributed by atoms with van der Waals surface area (Å²) in [5, 5.41) is 0.902. The standard InChI is InChI=1S/C19H24N2O4/c1-18(2,3)24-16(22)21(17(23)25-19(4,5)6)15-12-11-13-9-7-8-10-14(13)20-15/h7-12H,1-6H3. The fourth-order valence-electron chi connectivity index (χ4n) is 2.06. The molecule has 2 rings (SSSR count). The van der Waals surface area contributed by atoms with Gasteiger partial charge in [0.1, 0.15) is 17.0 Å². The molecule has 134 valence electrons. The highest BCUT2D eigenvalue weighted by Crippen LogP contribution is 2.22. The summed E-state index contributed by atoms with van der Waals surface area (Å²) in [6, 6.07) is 10.8. The number of carbonyl (C=O) groups excluding carboxylic acids is 2. The van der Waals surface area contributed by atoms with E-state index in [0.29, 0.717) is 5.52 Å². The molecule has 0 saturated heterocycles. The van der Waals surface area contributed by atoms with E-state index in [-0.39, 0.29) is 5.82 Å². The van der Waals surface area contributed by atoms with E-state index in [1.807, 2.05) is 18.2 Å². The predicted octanol–water partition coefficient (Wildman–Crippen LogP) is 4.91. The Kier molecular flexibility index (Phi) is 5.02. The van der Waals surface area contributed by atoms with Crippen molar-refractivity contribution in [1.82, 2.24) is 4.98 Å². The summed E-state index contributed by atoms with van der Waals surface area (Å²) in [4.78, 5) is 30.4. The number of carbonyl (C=O) groups is 2. The Balaban J connectivity index is 2.44. The number of benzene rings is 1. The van der Waals surface area contributed by atoms with Crippen molar-refractivity contribution in [2.24, 2.45) is 0 Å². The number of rotatable bonds is 1. The van der Waals surface area contributed by atoms with Crippen LogP contribution in [0.1, 0.15) is 41.5 Å². The summed E-state index contributed by atoms with van der Waals surface area (Å²) in [6.45, 7) is 10.4. The average molecular weight is 344 g/mol. The van der Waals surface area contributed by atoms with E-state index in [9.17, 15) is 9.59 Å². The Labute approximate surface area is 147 Å². The third-order valence-electron chi connectivity index (χ3n) is 2.96. The molecule has 6 nitrogen and oxygen atoms in total. The Hall–Kier alpha value is -2.63. The van der Waals surface area contributed by atoms with E-state index in [4.69, 9.17) is 9.47 Å². The zero-order valence-electron chi connectivity index (χ0n) is 15.5. The lowest BCUT2D eigenvalue weighted by atomic mass is 10.2. The lowest BCUT2D eigenvalue weighted by molar-refractivity contribution is 0.0429.